The van der Waals surface area contributed by atoms with Crippen molar-refractivity contribution >= 4 is 42.9 Å². The van der Waals surface area contributed by atoms with Gasteiger partial charge >= 0.3 is 0 Å². The maximum absolute atomic E-state index is 11.6. The van der Waals surface area contributed by atoms with Crippen LogP contribution in [0, 0.1) is 5.92 Å². The van der Waals surface area contributed by atoms with Gasteiger partial charge in [-0.1, -0.05) is 25.4 Å². The number of anilines is 1. The average molecular weight is 310 g/mol. The van der Waals surface area contributed by atoms with Gasteiger partial charge in [-0.3, -0.25) is 4.79 Å². The molecule has 0 aromatic heterocycles. The molecule has 1 aromatic rings. The van der Waals surface area contributed by atoms with Crippen LogP contribution in [0.1, 0.15) is 20.3 Å². The molecular weight excluding hydrogens is 297 g/mol. The van der Waals surface area contributed by atoms with E-state index in [4.69, 9.17) is 22.3 Å². The van der Waals surface area contributed by atoms with Crippen LogP contribution < -0.4 is 5.32 Å². The van der Waals surface area contributed by atoms with Crippen LogP contribution in [0.4, 0.5) is 5.69 Å². The van der Waals surface area contributed by atoms with Crippen molar-refractivity contribution in [2.75, 3.05) is 5.32 Å². The Kier molecular flexibility index (Phi) is 5.01. The Balaban J connectivity index is 2.96. The van der Waals surface area contributed by atoms with E-state index in [0.29, 0.717) is 12.1 Å². The Hall–Kier alpha value is -0.780. The molecule has 0 heterocycles. The van der Waals surface area contributed by atoms with E-state index in [1.165, 1.54) is 18.2 Å². The average Bonchev–Trinajstić information content (AvgIpc) is 2.26. The molecule has 0 bridgehead atoms. The van der Waals surface area contributed by atoms with E-state index in [2.05, 4.69) is 5.32 Å². The highest BCUT2D eigenvalue weighted by Crippen LogP contribution is 2.27. The molecule has 1 rings (SSSR count). The second kappa shape index (κ2) is 5.91. The van der Waals surface area contributed by atoms with E-state index in [-0.39, 0.29) is 21.7 Å². The highest BCUT2D eigenvalue weighted by Gasteiger charge is 2.16. The number of rotatable bonds is 4. The Labute approximate surface area is 116 Å². The van der Waals surface area contributed by atoms with Gasteiger partial charge in [-0.25, -0.2) is 8.42 Å². The first-order valence-electron chi connectivity index (χ1n) is 5.30. The van der Waals surface area contributed by atoms with E-state index in [1.807, 2.05) is 6.92 Å². The molecule has 1 N–H and O–H groups in total. The quantitative estimate of drug-likeness (QED) is 0.868. The fraction of sp³-hybridized carbons (Fsp3) is 0.364. The summed E-state index contributed by atoms with van der Waals surface area (Å²) in [5, 5.41) is 2.63. The maximum atomic E-state index is 11.6. The van der Waals surface area contributed by atoms with Crippen LogP contribution in [0.25, 0.3) is 0 Å². The molecule has 0 fully saturated rings. The Morgan fingerprint density at radius 3 is 2.50 bits per heavy atom. The van der Waals surface area contributed by atoms with Crippen molar-refractivity contribution in [3.8, 4) is 0 Å². The van der Waals surface area contributed by atoms with Crippen LogP contribution in [-0.2, 0) is 13.8 Å². The minimum absolute atomic E-state index is 0.0213. The third kappa shape index (κ3) is 3.86. The first-order valence-corrected chi connectivity index (χ1v) is 7.99. The summed E-state index contributed by atoms with van der Waals surface area (Å²) in [6.45, 7) is 3.70. The van der Waals surface area contributed by atoms with Gasteiger partial charge in [0.15, 0.2) is 0 Å². The molecule has 0 saturated carbocycles. The Morgan fingerprint density at radius 2 is 2.06 bits per heavy atom. The lowest BCUT2D eigenvalue weighted by Gasteiger charge is -2.10. The smallest absolute Gasteiger partial charge is 0.262 e. The van der Waals surface area contributed by atoms with E-state index < -0.39 is 9.05 Å². The van der Waals surface area contributed by atoms with Crippen LogP contribution in [0.3, 0.4) is 0 Å². The van der Waals surface area contributed by atoms with Crippen molar-refractivity contribution in [1.82, 2.24) is 0 Å². The molecular formula is C11H13Cl2NO3S. The van der Waals surface area contributed by atoms with Crippen LogP contribution in [0.2, 0.25) is 5.02 Å². The summed E-state index contributed by atoms with van der Waals surface area (Å²) in [5.41, 5.74) is 0.439. The van der Waals surface area contributed by atoms with Crippen molar-refractivity contribution in [1.29, 1.82) is 0 Å². The topological polar surface area (TPSA) is 63.2 Å². The normalized spacial score (nSPS) is 13.1. The molecule has 7 heteroatoms. The fourth-order valence-electron chi connectivity index (χ4n) is 1.23. The molecule has 1 amide bonds. The predicted octanol–water partition coefficient (Wildman–Crippen LogP) is 3.25. The third-order valence-electron chi connectivity index (χ3n) is 2.52. The molecule has 1 unspecified atom stereocenters. The van der Waals surface area contributed by atoms with Gasteiger partial charge in [0.2, 0.25) is 5.91 Å². The van der Waals surface area contributed by atoms with E-state index in [1.54, 1.807) is 6.92 Å². The predicted molar refractivity (Wildman–Crippen MR) is 72.6 cm³/mol. The van der Waals surface area contributed by atoms with Gasteiger partial charge in [-0.2, -0.15) is 0 Å². The number of carbonyl (C=O) groups excluding carboxylic acids is 1. The fourth-order valence-corrected chi connectivity index (χ4v) is 2.76. The van der Waals surface area contributed by atoms with E-state index in [9.17, 15) is 13.2 Å². The molecule has 4 nitrogen and oxygen atoms in total. The Morgan fingerprint density at radius 1 is 1.44 bits per heavy atom. The summed E-state index contributed by atoms with van der Waals surface area (Å²) in [4.78, 5) is 11.5. The zero-order valence-electron chi connectivity index (χ0n) is 9.91. The number of nitrogens with one attached hydrogen (secondary N) is 1. The molecule has 0 saturated heterocycles. The van der Waals surface area contributed by atoms with Crippen LogP contribution in [0.5, 0.6) is 0 Å². The second-order valence-corrected chi connectivity index (χ2v) is 6.82. The highest BCUT2D eigenvalue weighted by atomic mass is 35.7. The van der Waals surface area contributed by atoms with Crippen molar-refractivity contribution < 1.29 is 13.2 Å². The monoisotopic (exact) mass is 309 g/mol. The third-order valence-corrected chi connectivity index (χ3v) is 4.33. The minimum Gasteiger partial charge on any atom is -0.326 e. The number of halogens is 2. The number of benzene rings is 1. The van der Waals surface area contributed by atoms with E-state index in [0.717, 1.165) is 0 Å². The minimum atomic E-state index is -3.87. The first kappa shape index (κ1) is 15.3. The number of hydrogen-bond acceptors (Lipinski definition) is 3. The Bertz CT molecular complexity index is 557. The second-order valence-electron chi connectivity index (χ2n) is 3.88. The summed E-state index contributed by atoms with van der Waals surface area (Å²) in [6.07, 6.45) is 0.716. The molecule has 0 aliphatic heterocycles. The summed E-state index contributed by atoms with van der Waals surface area (Å²) in [6, 6.07) is 4.06. The lowest BCUT2D eigenvalue weighted by atomic mass is 10.1. The summed E-state index contributed by atoms with van der Waals surface area (Å²) < 4.78 is 22.3. The molecule has 0 radical (unpaired) electrons. The molecule has 0 spiro atoms. The van der Waals surface area contributed by atoms with Crippen LogP contribution in [-0.4, -0.2) is 14.3 Å². The molecule has 18 heavy (non-hydrogen) atoms. The van der Waals surface area contributed by atoms with Crippen LogP contribution in [0.15, 0.2) is 23.1 Å². The van der Waals surface area contributed by atoms with Gasteiger partial charge in [-0.05, 0) is 24.6 Å². The van der Waals surface area contributed by atoms with Crippen LogP contribution >= 0.6 is 22.3 Å². The SMILES string of the molecule is CCC(C)C(=O)Nc1ccc(S(=O)(=O)Cl)c(Cl)c1. The van der Waals surface area contributed by atoms with Gasteiger partial charge in [-0.15, -0.1) is 0 Å². The van der Waals surface area contributed by atoms with Crippen molar-refractivity contribution in [2.45, 2.75) is 25.2 Å². The first-order chi connectivity index (χ1) is 8.25. The molecule has 0 aliphatic rings. The maximum Gasteiger partial charge on any atom is 0.262 e. The van der Waals surface area contributed by atoms with Gasteiger partial charge in [0.25, 0.3) is 9.05 Å². The lowest BCUT2D eigenvalue weighted by Crippen LogP contribution is -2.19. The summed E-state index contributed by atoms with van der Waals surface area (Å²) >= 11 is 5.80. The summed E-state index contributed by atoms with van der Waals surface area (Å²) in [7, 11) is 1.32. The standard InChI is InChI=1S/C11H13Cl2NO3S/c1-3-7(2)11(15)14-8-4-5-10(9(12)6-8)18(13,16)17/h4-7H,3H2,1-2H3,(H,14,15). The number of amides is 1. The van der Waals surface area contributed by atoms with Gasteiger partial charge in [0, 0.05) is 22.3 Å². The number of carbonyl (C=O) groups is 1. The van der Waals surface area contributed by atoms with E-state index >= 15 is 0 Å². The molecule has 0 aliphatic carbocycles. The lowest BCUT2D eigenvalue weighted by molar-refractivity contribution is -0.119. The van der Waals surface area contributed by atoms with Crippen molar-refractivity contribution in [3.05, 3.63) is 23.2 Å². The highest BCUT2D eigenvalue weighted by molar-refractivity contribution is 8.13. The zero-order chi connectivity index (χ0) is 13.9. The number of hydrogen-bond donors (Lipinski definition) is 1. The van der Waals surface area contributed by atoms with Gasteiger partial charge in [0.1, 0.15) is 4.90 Å². The van der Waals surface area contributed by atoms with Gasteiger partial charge in [0.05, 0.1) is 5.02 Å². The molecule has 1 atom stereocenters. The van der Waals surface area contributed by atoms with Crippen molar-refractivity contribution in [3.63, 3.8) is 0 Å². The zero-order valence-corrected chi connectivity index (χ0v) is 12.2. The summed E-state index contributed by atoms with van der Waals surface area (Å²) in [5.74, 6) is -0.268. The molecule has 1 aromatic carbocycles. The largest absolute Gasteiger partial charge is 0.326 e. The van der Waals surface area contributed by atoms with Gasteiger partial charge < -0.3 is 5.32 Å². The van der Waals surface area contributed by atoms with Crippen molar-refractivity contribution in [2.24, 2.45) is 5.92 Å². The molecule has 100 valence electrons.